The van der Waals surface area contributed by atoms with Gasteiger partial charge in [0.15, 0.2) is 0 Å². The van der Waals surface area contributed by atoms with E-state index in [4.69, 9.17) is 5.11 Å². The van der Waals surface area contributed by atoms with Crippen molar-refractivity contribution in [1.82, 2.24) is 10.6 Å². The predicted octanol–water partition coefficient (Wildman–Crippen LogP) is 0.853. The average molecular weight is 262 g/mol. The first-order valence-corrected chi connectivity index (χ1v) is 6.41. The Balaban J connectivity index is 2.06. The molecule has 1 aliphatic rings. The summed E-state index contributed by atoms with van der Waals surface area (Å²) < 4.78 is 0. The predicted molar refractivity (Wildman–Crippen MR) is 70.7 cm³/mol. The summed E-state index contributed by atoms with van der Waals surface area (Å²) in [6.07, 6.45) is 0.838. The number of hydrogen-bond acceptors (Lipinski definition) is 3. The Labute approximate surface area is 112 Å². The number of carboxylic acids is 1. The zero-order valence-corrected chi connectivity index (χ0v) is 10.8. The number of fused-ring (bicyclic) bond motifs is 1. The molecule has 0 aromatic heterocycles. The SMILES string of the molecule is CC(CC(=O)O)NC(=O)C1NCCc2ccccc21. The topological polar surface area (TPSA) is 78.4 Å². The van der Waals surface area contributed by atoms with Crippen LogP contribution in [0.25, 0.3) is 0 Å². The van der Waals surface area contributed by atoms with Gasteiger partial charge in [0.25, 0.3) is 0 Å². The van der Waals surface area contributed by atoms with Gasteiger partial charge >= 0.3 is 5.97 Å². The zero-order valence-electron chi connectivity index (χ0n) is 10.8. The quantitative estimate of drug-likeness (QED) is 0.752. The van der Waals surface area contributed by atoms with Gasteiger partial charge in [0.1, 0.15) is 6.04 Å². The van der Waals surface area contributed by atoms with Crippen molar-refractivity contribution in [2.45, 2.75) is 31.8 Å². The number of hydrogen-bond donors (Lipinski definition) is 3. The van der Waals surface area contributed by atoms with Crippen LogP contribution in [0.3, 0.4) is 0 Å². The van der Waals surface area contributed by atoms with Crippen LogP contribution in [0.15, 0.2) is 24.3 Å². The summed E-state index contributed by atoms with van der Waals surface area (Å²) in [5.74, 6) is -1.08. The molecule has 1 aromatic carbocycles. The number of amides is 1. The van der Waals surface area contributed by atoms with Gasteiger partial charge in [-0.3, -0.25) is 9.59 Å². The van der Waals surface area contributed by atoms with Crippen LogP contribution in [0, 0.1) is 0 Å². The second-order valence-corrected chi connectivity index (χ2v) is 4.84. The molecule has 2 unspecified atom stereocenters. The monoisotopic (exact) mass is 262 g/mol. The van der Waals surface area contributed by atoms with Gasteiger partial charge in [0, 0.05) is 12.6 Å². The van der Waals surface area contributed by atoms with E-state index in [2.05, 4.69) is 10.6 Å². The largest absolute Gasteiger partial charge is 0.481 e. The van der Waals surface area contributed by atoms with Crippen LogP contribution in [0.4, 0.5) is 0 Å². The van der Waals surface area contributed by atoms with Crippen molar-refractivity contribution in [3.8, 4) is 0 Å². The second-order valence-electron chi connectivity index (χ2n) is 4.84. The van der Waals surface area contributed by atoms with Gasteiger partial charge in [0.05, 0.1) is 6.42 Å². The third-order valence-corrected chi connectivity index (χ3v) is 3.24. The van der Waals surface area contributed by atoms with Crippen molar-refractivity contribution in [3.05, 3.63) is 35.4 Å². The molecule has 0 saturated heterocycles. The smallest absolute Gasteiger partial charge is 0.305 e. The first kappa shape index (κ1) is 13.5. The van der Waals surface area contributed by atoms with Gasteiger partial charge in [-0.2, -0.15) is 0 Å². The molecule has 0 aliphatic carbocycles. The van der Waals surface area contributed by atoms with Crippen molar-refractivity contribution >= 4 is 11.9 Å². The maximum atomic E-state index is 12.2. The average Bonchev–Trinajstić information content (AvgIpc) is 2.36. The number of carbonyl (C=O) groups excluding carboxylic acids is 1. The number of benzene rings is 1. The number of aliphatic carboxylic acids is 1. The zero-order chi connectivity index (χ0) is 13.8. The Morgan fingerprint density at radius 2 is 2.21 bits per heavy atom. The fourth-order valence-corrected chi connectivity index (χ4v) is 2.38. The first-order valence-electron chi connectivity index (χ1n) is 6.41. The number of carboxylic acid groups (broad SMARTS) is 1. The third-order valence-electron chi connectivity index (χ3n) is 3.24. The summed E-state index contributed by atoms with van der Waals surface area (Å²) in [6, 6.07) is 7.08. The fourth-order valence-electron chi connectivity index (χ4n) is 2.38. The Kier molecular flexibility index (Phi) is 4.16. The minimum atomic E-state index is -0.912. The lowest BCUT2D eigenvalue weighted by Crippen LogP contribution is -2.44. The molecule has 0 radical (unpaired) electrons. The number of nitrogens with one attached hydrogen (secondary N) is 2. The maximum absolute atomic E-state index is 12.2. The van der Waals surface area contributed by atoms with Gasteiger partial charge < -0.3 is 15.7 Å². The van der Waals surface area contributed by atoms with E-state index in [9.17, 15) is 9.59 Å². The third kappa shape index (κ3) is 3.32. The summed E-state index contributed by atoms with van der Waals surface area (Å²) in [5, 5.41) is 14.6. The maximum Gasteiger partial charge on any atom is 0.305 e. The molecule has 3 N–H and O–H groups in total. The first-order chi connectivity index (χ1) is 9.08. The van der Waals surface area contributed by atoms with Gasteiger partial charge in [-0.05, 0) is 24.5 Å². The van der Waals surface area contributed by atoms with E-state index in [-0.39, 0.29) is 24.4 Å². The number of carbonyl (C=O) groups is 2. The molecule has 1 heterocycles. The van der Waals surface area contributed by atoms with Crippen LogP contribution in [0.1, 0.15) is 30.5 Å². The summed E-state index contributed by atoms with van der Waals surface area (Å²) in [7, 11) is 0. The Morgan fingerprint density at radius 3 is 2.95 bits per heavy atom. The second kappa shape index (κ2) is 5.84. The molecule has 1 aliphatic heterocycles. The van der Waals surface area contributed by atoms with Crippen molar-refractivity contribution in [2.75, 3.05) is 6.54 Å². The van der Waals surface area contributed by atoms with E-state index >= 15 is 0 Å². The molecule has 5 heteroatoms. The van der Waals surface area contributed by atoms with Crippen molar-refractivity contribution in [3.63, 3.8) is 0 Å². The van der Waals surface area contributed by atoms with E-state index in [1.165, 1.54) is 5.56 Å². The van der Waals surface area contributed by atoms with Crippen molar-refractivity contribution in [1.29, 1.82) is 0 Å². The molecule has 19 heavy (non-hydrogen) atoms. The normalized spacial score (nSPS) is 19.3. The molecule has 5 nitrogen and oxygen atoms in total. The highest BCUT2D eigenvalue weighted by Gasteiger charge is 2.26. The van der Waals surface area contributed by atoms with Crippen LogP contribution in [-0.4, -0.2) is 29.6 Å². The molecule has 0 fully saturated rings. The lowest BCUT2D eigenvalue weighted by Gasteiger charge is -2.27. The molecular weight excluding hydrogens is 244 g/mol. The van der Waals surface area contributed by atoms with Crippen molar-refractivity contribution < 1.29 is 14.7 Å². The van der Waals surface area contributed by atoms with Crippen LogP contribution < -0.4 is 10.6 Å². The minimum absolute atomic E-state index is 0.0693. The van der Waals surface area contributed by atoms with Gasteiger partial charge in [-0.15, -0.1) is 0 Å². The molecule has 0 saturated carbocycles. The van der Waals surface area contributed by atoms with Crippen LogP contribution >= 0.6 is 0 Å². The summed E-state index contributed by atoms with van der Waals surface area (Å²) >= 11 is 0. The highest BCUT2D eigenvalue weighted by atomic mass is 16.4. The fraction of sp³-hybridized carbons (Fsp3) is 0.429. The molecule has 1 aromatic rings. The van der Waals surface area contributed by atoms with Crippen LogP contribution in [-0.2, 0) is 16.0 Å². The Hall–Kier alpha value is -1.88. The standard InChI is InChI=1S/C14H18N2O3/c1-9(8-12(17)18)16-14(19)13-11-5-3-2-4-10(11)6-7-15-13/h2-5,9,13,15H,6-8H2,1H3,(H,16,19)(H,17,18). The van der Waals surface area contributed by atoms with Gasteiger partial charge in [0.2, 0.25) is 5.91 Å². The van der Waals surface area contributed by atoms with Crippen molar-refractivity contribution in [2.24, 2.45) is 0 Å². The molecule has 0 spiro atoms. The van der Waals surface area contributed by atoms with Gasteiger partial charge in [-0.1, -0.05) is 24.3 Å². The summed E-state index contributed by atoms with van der Waals surface area (Å²) in [5.41, 5.74) is 2.15. The van der Waals surface area contributed by atoms with E-state index in [1.54, 1.807) is 6.92 Å². The lowest BCUT2D eigenvalue weighted by molar-refractivity contribution is -0.137. The molecule has 0 bridgehead atoms. The lowest BCUT2D eigenvalue weighted by atomic mass is 9.94. The number of rotatable bonds is 4. The molecule has 1 amide bonds. The highest BCUT2D eigenvalue weighted by molar-refractivity contribution is 5.84. The Morgan fingerprint density at radius 1 is 1.47 bits per heavy atom. The summed E-state index contributed by atoms with van der Waals surface area (Å²) in [4.78, 5) is 22.8. The van der Waals surface area contributed by atoms with E-state index in [0.717, 1.165) is 18.5 Å². The van der Waals surface area contributed by atoms with Crippen LogP contribution in [0.2, 0.25) is 0 Å². The molecule has 2 atom stereocenters. The minimum Gasteiger partial charge on any atom is -0.481 e. The van der Waals surface area contributed by atoms with Crippen LogP contribution in [0.5, 0.6) is 0 Å². The van der Waals surface area contributed by atoms with E-state index in [1.807, 2.05) is 24.3 Å². The van der Waals surface area contributed by atoms with Gasteiger partial charge in [-0.25, -0.2) is 0 Å². The van der Waals surface area contributed by atoms with E-state index < -0.39 is 5.97 Å². The molecular formula is C14H18N2O3. The highest BCUT2D eigenvalue weighted by Crippen LogP contribution is 2.22. The Bertz CT molecular complexity index is 487. The summed E-state index contributed by atoms with van der Waals surface area (Å²) in [6.45, 7) is 2.45. The van der Waals surface area contributed by atoms with E-state index in [0.29, 0.717) is 0 Å². The molecule has 2 rings (SSSR count). The molecule has 102 valence electrons.